The molecule has 3 nitrogen and oxygen atoms in total. The predicted molar refractivity (Wildman–Crippen MR) is 63.8 cm³/mol. The van der Waals surface area contributed by atoms with E-state index in [1.54, 1.807) is 19.1 Å². The SMILES string of the molecule is CCOC(=O)CNc1ccc(Cl)cc1.Cl. The summed E-state index contributed by atoms with van der Waals surface area (Å²) in [6, 6.07) is 7.13. The fraction of sp³-hybridized carbons (Fsp3) is 0.300. The van der Waals surface area contributed by atoms with Gasteiger partial charge in [-0.2, -0.15) is 0 Å². The lowest BCUT2D eigenvalue weighted by molar-refractivity contribution is -0.140. The Kier molecular flexibility index (Phi) is 6.92. The molecule has 0 aliphatic carbocycles. The molecule has 0 unspecified atom stereocenters. The predicted octanol–water partition coefficient (Wildman–Crippen LogP) is 2.74. The van der Waals surface area contributed by atoms with E-state index in [1.807, 2.05) is 12.1 Å². The van der Waals surface area contributed by atoms with Gasteiger partial charge in [0.1, 0.15) is 6.54 Å². The highest BCUT2D eigenvalue weighted by atomic mass is 35.5. The van der Waals surface area contributed by atoms with Gasteiger partial charge in [-0.15, -0.1) is 12.4 Å². The van der Waals surface area contributed by atoms with Crippen molar-refractivity contribution in [2.75, 3.05) is 18.5 Å². The molecule has 0 saturated heterocycles. The molecule has 0 saturated carbocycles. The van der Waals surface area contributed by atoms with Crippen molar-refractivity contribution in [2.45, 2.75) is 6.92 Å². The van der Waals surface area contributed by atoms with Crippen LogP contribution in [0.15, 0.2) is 24.3 Å². The van der Waals surface area contributed by atoms with Crippen molar-refractivity contribution < 1.29 is 9.53 Å². The number of anilines is 1. The zero-order chi connectivity index (χ0) is 10.4. The first kappa shape index (κ1) is 14.1. The highest BCUT2D eigenvalue weighted by Gasteiger charge is 2.00. The zero-order valence-corrected chi connectivity index (χ0v) is 9.90. The number of carbonyl (C=O) groups excluding carboxylic acids is 1. The highest BCUT2D eigenvalue weighted by Crippen LogP contribution is 2.12. The van der Waals surface area contributed by atoms with Crippen LogP contribution in [0.2, 0.25) is 5.02 Å². The number of hydrogen-bond donors (Lipinski definition) is 1. The molecule has 0 atom stereocenters. The minimum absolute atomic E-state index is 0. The Morgan fingerprint density at radius 1 is 1.40 bits per heavy atom. The minimum atomic E-state index is -0.262. The van der Waals surface area contributed by atoms with Gasteiger partial charge in [-0.05, 0) is 31.2 Å². The van der Waals surface area contributed by atoms with Crippen LogP contribution in [0, 0.1) is 0 Å². The maximum atomic E-state index is 11.0. The zero-order valence-electron chi connectivity index (χ0n) is 8.33. The standard InChI is InChI=1S/C10H12ClNO2.ClH/c1-2-14-10(13)7-12-9-5-3-8(11)4-6-9;/h3-6,12H,2,7H2,1H3;1H. The Bertz CT molecular complexity index is 301. The van der Waals surface area contributed by atoms with Crippen LogP contribution in [0.3, 0.4) is 0 Å². The maximum Gasteiger partial charge on any atom is 0.325 e. The molecule has 0 amide bonds. The second-order valence-electron chi connectivity index (χ2n) is 2.67. The molecule has 0 heterocycles. The summed E-state index contributed by atoms with van der Waals surface area (Å²) >= 11 is 5.70. The number of benzene rings is 1. The summed E-state index contributed by atoms with van der Waals surface area (Å²) in [5.74, 6) is -0.262. The first-order chi connectivity index (χ1) is 6.72. The van der Waals surface area contributed by atoms with Gasteiger partial charge in [-0.25, -0.2) is 0 Å². The smallest absolute Gasteiger partial charge is 0.325 e. The third-order valence-electron chi connectivity index (χ3n) is 1.59. The summed E-state index contributed by atoms with van der Waals surface area (Å²) in [7, 11) is 0. The summed E-state index contributed by atoms with van der Waals surface area (Å²) in [6.07, 6.45) is 0. The second kappa shape index (κ2) is 7.37. The lowest BCUT2D eigenvalue weighted by atomic mass is 10.3. The number of carbonyl (C=O) groups is 1. The molecule has 5 heteroatoms. The summed E-state index contributed by atoms with van der Waals surface area (Å²) in [6.45, 7) is 2.36. The fourth-order valence-corrected chi connectivity index (χ4v) is 1.08. The molecule has 0 fully saturated rings. The van der Waals surface area contributed by atoms with Gasteiger partial charge in [0.05, 0.1) is 6.61 Å². The van der Waals surface area contributed by atoms with E-state index in [4.69, 9.17) is 16.3 Å². The number of ether oxygens (including phenoxy) is 1. The van der Waals surface area contributed by atoms with E-state index >= 15 is 0 Å². The van der Waals surface area contributed by atoms with Crippen LogP contribution < -0.4 is 5.32 Å². The Labute approximate surface area is 100 Å². The molecule has 0 aliphatic heterocycles. The number of nitrogens with one attached hydrogen (secondary N) is 1. The van der Waals surface area contributed by atoms with Crippen molar-refractivity contribution >= 4 is 35.7 Å². The van der Waals surface area contributed by atoms with Crippen LogP contribution in [0.25, 0.3) is 0 Å². The summed E-state index contributed by atoms with van der Waals surface area (Å²) in [5, 5.41) is 3.60. The molecule has 84 valence electrons. The van der Waals surface area contributed by atoms with Gasteiger partial charge in [0.2, 0.25) is 0 Å². The lowest BCUT2D eigenvalue weighted by Crippen LogP contribution is -2.16. The van der Waals surface area contributed by atoms with Crippen LogP contribution in [-0.4, -0.2) is 19.1 Å². The lowest BCUT2D eigenvalue weighted by Gasteiger charge is -2.05. The Balaban J connectivity index is 0.00000196. The van der Waals surface area contributed by atoms with E-state index in [0.29, 0.717) is 11.6 Å². The molecule has 0 spiro atoms. The normalized spacial score (nSPS) is 8.93. The van der Waals surface area contributed by atoms with Crippen LogP contribution in [0.4, 0.5) is 5.69 Å². The van der Waals surface area contributed by atoms with Gasteiger partial charge in [-0.3, -0.25) is 4.79 Å². The molecule has 1 aromatic rings. The Morgan fingerprint density at radius 2 is 2.00 bits per heavy atom. The average Bonchev–Trinajstić information content (AvgIpc) is 2.17. The molecule has 1 aromatic carbocycles. The van der Waals surface area contributed by atoms with Crippen molar-refractivity contribution in [1.82, 2.24) is 0 Å². The summed E-state index contributed by atoms with van der Waals surface area (Å²) < 4.78 is 4.76. The number of esters is 1. The van der Waals surface area contributed by atoms with E-state index < -0.39 is 0 Å². The van der Waals surface area contributed by atoms with E-state index in [9.17, 15) is 4.79 Å². The third kappa shape index (κ3) is 5.50. The van der Waals surface area contributed by atoms with E-state index in [0.717, 1.165) is 5.69 Å². The van der Waals surface area contributed by atoms with Crippen LogP contribution in [-0.2, 0) is 9.53 Å². The van der Waals surface area contributed by atoms with Gasteiger partial charge in [0.15, 0.2) is 0 Å². The molecule has 0 bridgehead atoms. The third-order valence-corrected chi connectivity index (χ3v) is 1.84. The van der Waals surface area contributed by atoms with E-state index in [2.05, 4.69) is 5.32 Å². The Morgan fingerprint density at radius 3 is 2.53 bits per heavy atom. The van der Waals surface area contributed by atoms with E-state index in [1.165, 1.54) is 0 Å². The molecule has 1 rings (SSSR count). The van der Waals surface area contributed by atoms with Crippen LogP contribution in [0.5, 0.6) is 0 Å². The molecule has 0 aliphatic rings. The quantitative estimate of drug-likeness (QED) is 0.835. The van der Waals surface area contributed by atoms with Crippen molar-refractivity contribution in [1.29, 1.82) is 0 Å². The van der Waals surface area contributed by atoms with E-state index in [-0.39, 0.29) is 24.9 Å². The van der Waals surface area contributed by atoms with Gasteiger partial charge in [0.25, 0.3) is 0 Å². The average molecular weight is 250 g/mol. The molecule has 1 N–H and O–H groups in total. The van der Waals surface area contributed by atoms with Crippen molar-refractivity contribution in [2.24, 2.45) is 0 Å². The minimum Gasteiger partial charge on any atom is -0.465 e. The van der Waals surface area contributed by atoms with Gasteiger partial charge >= 0.3 is 5.97 Å². The first-order valence-corrected chi connectivity index (χ1v) is 4.75. The molecule has 15 heavy (non-hydrogen) atoms. The van der Waals surface area contributed by atoms with Crippen molar-refractivity contribution in [3.8, 4) is 0 Å². The topological polar surface area (TPSA) is 38.3 Å². The number of rotatable bonds is 4. The van der Waals surface area contributed by atoms with Crippen molar-refractivity contribution in [3.05, 3.63) is 29.3 Å². The second-order valence-corrected chi connectivity index (χ2v) is 3.10. The largest absolute Gasteiger partial charge is 0.465 e. The monoisotopic (exact) mass is 249 g/mol. The van der Waals surface area contributed by atoms with Gasteiger partial charge in [0, 0.05) is 10.7 Å². The molecule has 0 aromatic heterocycles. The summed E-state index contributed by atoms with van der Waals surface area (Å²) in [4.78, 5) is 11.0. The first-order valence-electron chi connectivity index (χ1n) is 4.37. The Hall–Kier alpha value is -0.930. The van der Waals surface area contributed by atoms with Crippen molar-refractivity contribution in [3.63, 3.8) is 0 Å². The van der Waals surface area contributed by atoms with Crippen LogP contribution >= 0.6 is 24.0 Å². The summed E-state index contributed by atoms with van der Waals surface area (Å²) in [5.41, 5.74) is 0.849. The highest BCUT2D eigenvalue weighted by molar-refractivity contribution is 6.30. The maximum absolute atomic E-state index is 11.0. The fourth-order valence-electron chi connectivity index (χ4n) is 0.954. The van der Waals surface area contributed by atoms with Gasteiger partial charge in [-0.1, -0.05) is 11.6 Å². The number of halogens is 2. The molecule has 0 radical (unpaired) electrons. The molecular weight excluding hydrogens is 237 g/mol. The number of hydrogen-bond acceptors (Lipinski definition) is 3. The molecular formula is C10H13Cl2NO2. The van der Waals surface area contributed by atoms with Gasteiger partial charge < -0.3 is 10.1 Å². The van der Waals surface area contributed by atoms with Crippen LogP contribution in [0.1, 0.15) is 6.92 Å².